The maximum atomic E-state index is 12.3. The largest absolute Gasteiger partial charge is 0.468 e. The van der Waals surface area contributed by atoms with Crippen LogP contribution in [0.25, 0.3) is 10.8 Å². The molecule has 4 heteroatoms. The minimum absolute atomic E-state index is 0.299. The van der Waals surface area contributed by atoms with Gasteiger partial charge in [0, 0.05) is 18.4 Å². The molecule has 3 aromatic rings. The number of carbonyl (C=O) groups excluding carboxylic acids is 1. The topological polar surface area (TPSA) is 51.2 Å². The van der Waals surface area contributed by atoms with Crippen molar-refractivity contribution in [2.45, 2.75) is 19.5 Å². The molecule has 0 aliphatic rings. The predicted octanol–water partition coefficient (Wildman–Crippen LogP) is 3.55. The van der Waals surface area contributed by atoms with Crippen LogP contribution in [0.15, 0.2) is 60.8 Å². The van der Waals surface area contributed by atoms with Crippen LogP contribution in [-0.4, -0.2) is 18.1 Å². The van der Waals surface area contributed by atoms with Gasteiger partial charge in [-0.15, -0.1) is 0 Å². The summed E-state index contributed by atoms with van der Waals surface area (Å²) >= 11 is 0. The van der Waals surface area contributed by atoms with E-state index in [0.29, 0.717) is 6.54 Å². The second-order valence-electron chi connectivity index (χ2n) is 5.69. The lowest BCUT2D eigenvalue weighted by Crippen LogP contribution is -2.29. The monoisotopic (exact) mass is 320 g/mol. The number of nitrogens with one attached hydrogen (secondary N) is 1. The molecule has 0 radical (unpaired) electrons. The molecule has 4 nitrogen and oxygen atoms in total. The Labute approximate surface area is 141 Å². The number of ether oxygens (including phenoxy) is 1. The summed E-state index contributed by atoms with van der Waals surface area (Å²) in [5.74, 6) is -0.299. The predicted molar refractivity (Wildman–Crippen MR) is 94.5 cm³/mol. The van der Waals surface area contributed by atoms with Gasteiger partial charge in [0.2, 0.25) is 0 Å². The van der Waals surface area contributed by atoms with E-state index in [1.54, 1.807) is 6.20 Å². The van der Waals surface area contributed by atoms with Crippen molar-refractivity contribution >= 4 is 16.7 Å². The number of hydrogen-bond donors (Lipinski definition) is 1. The highest BCUT2D eigenvalue weighted by atomic mass is 16.5. The normalized spacial score (nSPS) is 12.1. The van der Waals surface area contributed by atoms with Gasteiger partial charge in [-0.3, -0.25) is 10.3 Å². The lowest BCUT2D eigenvalue weighted by molar-refractivity contribution is -0.143. The molecule has 0 unspecified atom stereocenters. The number of hydrogen-bond acceptors (Lipinski definition) is 4. The first-order valence-corrected chi connectivity index (χ1v) is 7.89. The van der Waals surface area contributed by atoms with Gasteiger partial charge >= 0.3 is 5.97 Å². The third-order valence-electron chi connectivity index (χ3n) is 4.16. The van der Waals surface area contributed by atoms with Crippen LogP contribution in [0, 0.1) is 6.92 Å². The number of carbonyl (C=O) groups is 1. The third-order valence-corrected chi connectivity index (χ3v) is 4.16. The van der Waals surface area contributed by atoms with E-state index < -0.39 is 6.04 Å². The first kappa shape index (κ1) is 16.1. The zero-order valence-corrected chi connectivity index (χ0v) is 13.8. The molecule has 2 aromatic carbocycles. The summed E-state index contributed by atoms with van der Waals surface area (Å²) in [6, 6.07) is 17.5. The molecule has 0 amide bonds. The Bertz CT molecular complexity index is 861. The Morgan fingerprint density at radius 2 is 1.92 bits per heavy atom. The van der Waals surface area contributed by atoms with Crippen molar-refractivity contribution in [2.24, 2.45) is 0 Å². The SMILES string of the molecule is COC(=O)[C@@H](NCc1cccnc1C)c1ccc2ccccc2c1. The number of methoxy groups -OCH3 is 1. The first-order valence-electron chi connectivity index (χ1n) is 7.89. The fraction of sp³-hybridized carbons (Fsp3) is 0.200. The molecule has 0 aliphatic carbocycles. The molecule has 0 aliphatic heterocycles. The van der Waals surface area contributed by atoms with Crippen molar-refractivity contribution in [2.75, 3.05) is 7.11 Å². The van der Waals surface area contributed by atoms with E-state index in [2.05, 4.69) is 16.4 Å². The number of pyridine rings is 1. The second kappa shape index (κ2) is 7.23. The molecule has 0 saturated carbocycles. The molecule has 1 heterocycles. The average Bonchev–Trinajstić information content (AvgIpc) is 2.63. The van der Waals surface area contributed by atoms with Gasteiger partial charge in [0.1, 0.15) is 6.04 Å². The molecule has 0 fully saturated rings. The Morgan fingerprint density at radius 1 is 1.12 bits per heavy atom. The number of fused-ring (bicyclic) bond motifs is 1. The van der Waals surface area contributed by atoms with Crippen LogP contribution >= 0.6 is 0 Å². The standard InChI is InChI=1S/C20H20N2O2/c1-14-18(8-5-11-21-14)13-22-19(20(23)24-2)17-10-9-15-6-3-4-7-16(15)12-17/h3-12,19,22H,13H2,1-2H3/t19-/m0/s1. The van der Waals surface area contributed by atoms with Gasteiger partial charge < -0.3 is 4.74 Å². The summed E-state index contributed by atoms with van der Waals surface area (Å²) in [5.41, 5.74) is 2.90. The fourth-order valence-corrected chi connectivity index (χ4v) is 2.76. The summed E-state index contributed by atoms with van der Waals surface area (Å²) in [4.78, 5) is 16.5. The van der Waals surface area contributed by atoms with Crippen LogP contribution in [0.5, 0.6) is 0 Å². The number of esters is 1. The van der Waals surface area contributed by atoms with Crippen molar-refractivity contribution in [3.8, 4) is 0 Å². The van der Waals surface area contributed by atoms with E-state index in [0.717, 1.165) is 27.6 Å². The summed E-state index contributed by atoms with van der Waals surface area (Å²) in [6.07, 6.45) is 1.76. The van der Waals surface area contributed by atoms with E-state index in [-0.39, 0.29) is 5.97 Å². The van der Waals surface area contributed by atoms with Gasteiger partial charge in [0.15, 0.2) is 0 Å². The smallest absolute Gasteiger partial charge is 0.327 e. The zero-order chi connectivity index (χ0) is 16.9. The van der Waals surface area contributed by atoms with Crippen LogP contribution in [0.3, 0.4) is 0 Å². The molecule has 24 heavy (non-hydrogen) atoms. The van der Waals surface area contributed by atoms with Crippen molar-refractivity contribution in [3.05, 3.63) is 77.6 Å². The highest BCUT2D eigenvalue weighted by molar-refractivity contribution is 5.85. The minimum atomic E-state index is -0.515. The molecular weight excluding hydrogens is 300 g/mol. The van der Waals surface area contributed by atoms with E-state index in [1.165, 1.54) is 7.11 Å². The first-order chi connectivity index (χ1) is 11.7. The van der Waals surface area contributed by atoms with Crippen LogP contribution in [-0.2, 0) is 16.1 Å². The highest BCUT2D eigenvalue weighted by Crippen LogP contribution is 2.22. The number of aryl methyl sites for hydroxylation is 1. The molecule has 1 atom stereocenters. The summed E-state index contributed by atoms with van der Waals surface area (Å²) in [7, 11) is 1.41. The number of aromatic nitrogens is 1. The van der Waals surface area contributed by atoms with Gasteiger partial charge in [0.25, 0.3) is 0 Å². The molecular formula is C20H20N2O2. The van der Waals surface area contributed by atoms with Crippen molar-refractivity contribution in [1.29, 1.82) is 0 Å². The van der Waals surface area contributed by atoms with Crippen molar-refractivity contribution < 1.29 is 9.53 Å². The summed E-state index contributed by atoms with van der Waals surface area (Å²) in [5, 5.41) is 5.54. The molecule has 0 saturated heterocycles. The van der Waals surface area contributed by atoms with E-state index in [9.17, 15) is 4.79 Å². The zero-order valence-electron chi connectivity index (χ0n) is 13.8. The number of nitrogens with zero attached hydrogens (tertiary/aromatic N) is 1. The van der Waals surface area contributed by atoms with E-state index >= 15 is 0 Å². The van der Waals surface area contributed by atoms with Gasteiger partial charge in [0.05, 0.1) is 7.11 Å². The maximum Gasteiger partial charge on any atom is 0.327 e. The molecule has 3 rings (SSSR count). The van der Waals surface area contributed by atoms with Gasteiger partial charge in [-0.2, -0.15) is 0 Å². The van der Waals surface area contributed by atoms with Crippen LogP contribution in [0.1, 0.15) is 22.9 Å². The summed E-state index contributed by atoms with van der Waals surface area (Å²) < 4.78 is 4.98. The lowest BCUT2D eigenvalue weighted by Gasteiger charge is -2.18. The Kier molecular flexibility index (Phi) is 4.87. The van der Waals surface area contributed by atoms with Gasteiger partial charge in [-0.1, -0.05) is 42.5 Å². The Morgan fingerprint density at radius 3 is 2.67 bits per heavy atom. The average molecular weight is 320 g/mol. The molecule has 0 bridgehead atoms. The van der Waals surface area contributed by atoms with Crippen molar-refractivity contribution in [1.82, 2.24) is 10.3 Å². The van der Waals surface area contributed by atoms with Crippen LogP contribution < -0.4 is 5.32 Å². The number of benzene rings is 2. The highest BCUT2D eigenvalue weighted by Gasteiger charge is 2.21. The molecule has 1 aromatic heterocycles. The maximum absolute atomic E-state index is 12.3. The third kappa shape index (κ3) is 3.44. The lowest BCUT2D eigenvalue weighted by atomic mass is 10.0. The summed E-state index contributed by atoms with van der Waals surface area (Å²) in [6.45, 7) is 2.51. The van der Waals surface area contributed by atoms with Crippen LogP contribution in [0.4, 0.5) is 0 Å². The Balaban J connectivity index is 1.88. The Hall–Kier alpha value is -2.72. The molecule has 0 spiro atoms. The van der Waals surface area contributed by atoms with E-state index in [1.807, 2.05) is 55.5 Å². The quantitative estimate of drug-likeness (QED) is 0.731. The minimum Gasteiger partial charge on any atom is -0.468 e. The fourth-order valence-electron chi connectivity index (χ4n) is 2.76. The van der Waals surface area contributed by atoms with Crippen LogP contribution in [0.2, 0.25) is 0 Å². The number of rotatable bonds is 5. The van der Waals surface area contributed by atoms with E-state index in [4.69, 9.17) is 4.74 Å². The van der Waals surface area contributed by atoms with Crippen molar-refractivity contribution in [3.63, 3.8) is 0 Å². The second-order valence-corrected chi connectivity index (χ2v) is 5.69. The molecule has 122 valence electrons. The molecule has 1 N–H and O–H groups in total. The van der Waals surface area contributed by atoms with Gasteiger partial charge in [-0.25, -0.2) is 4.79 Å². The van der Waals surface area contributed by atoms with Gasteiger partial charge in [-0.05, 0) is 41.0 Å².